The molecule has 1 aromatic rings. The maximum atomic E-state index is 12.2. The zero-order valence-corrected chi connectivity index (χ0v) is 12.4. The van der Waals surface area contributed by atoms with Crippen LogP contribution in [0.2, 0.25) is 0 Å². The van der Waals surface area contributed by atoms with Crippen molar-refractivity contribution in [2.24, 2.45) is 0 Å². The molecule has 0 atom stereocenters. The van der Waals surface area contributed by atoms with Crippen LogP contribution in [0, 0.1) is 6.92 Å². The van der Waals surface area contributed by atoms with E-state index in [-0.39, 0.29) is 5.97 Å². The van der Waals surface area contributed by atoms with Crippen LogP contribution in [0.1, 0.15) is 49.7 Å². The molecule has 0 unspecified atom stereocenters. The minimum Gasteiger partial charge on any atom is -0.468 e. The van der Waals surface area contributed by atoms with Crippen LogP contribution in [0.4, 0.5) is 0 Å². The van der Waals surface area contributed by atoms with Crippen molar-refractivity contribution in [2.45, 2.75) is 57.5 Å². The van der Waals surface area contributed by atoms with Crippen molar-refractivity contribution in [3.63, 3.8) is 0 Å². The fourth-order valence-electron chi connectivity index (χ4n) is 2.97. The van der Waals surface area contributed by atoms with Crippen LogP contribution in [-0.2, 0) is 16.1 Å². The molecule has 1 aliphatic rings. The molecule has 0 spiro atoms. The van der Waals surface area contributed by atoms with Crippen LogP contribution in [0.15, 0.2) is 18.5 Å². The predicted molar refractivity (Wildman–Crippen MR) is 78.3 cm³/mol. The molecule has 1 saturated carbocycles. The Bertz CT molecular complexity index is 452. The van der Waals surface area contributed by atoms with E-state index in [0.717, 1.165) is 36.8 Å². The van der Waals surface area contributed by atoms with Gasteiger partial charge in [-0.3, -0.25) is 15.1 Å². The number of esters is 1. The Morgan fingerprint density at radius 3 is 2.60 bits per heavy atom. The largest absolute Gasteiger partial charge is 0.468 e. The van der Waals surface area contributed by atoms with Crippen LogP contribution >= 0.6 is 0 Å². The lowest BCUT2D eigenvalue weighted by molar-refractivity contribution is -0.149. The zero-order chi connectivity index (χ0) is 14.4. The summed E-state index contributed by atoms with van der Waals surface area (Å²) in [7, 11) is 1.48. The van der Waals surface area contributed by atoms with Gasteiger partial charge in [-0.05, 0) is 30.9 Å². The lowest BCUT2D eigenvalue weighted by atomic mass is 9.90. The number of nitrogens with zero attached hydrogens (tertiary/aromatic N) is 1. The van der Waals surface area contributed by atoms with Crippen LogP contribution in [0.5, 0.6) is 0 Å². The maximum absolute atomic E-state index is 12.2. The van der Waals surface area contributed by atoms with E-state index in [1.165, 1.54) is 20.0 Å². The Morgan fingerprint density at radius 2 is 2.00 bits per heavy atom. The van der Waals surface area contributed by atoms with Gasteiger partial charge in [0, 0.05) is 18.9 Å². The van der Waals surface area contributed by atoms with Crippen LogP contribution in [0.3, 0.4) is 0 Å². The van der Waals surface area contributed by atoms with Crippen molar-refractivity contribution in [2.75, 3.05) is 7.11 Å². The van der Waals surface area contributed by atoms with Gasteiger partial charge in [0.25, 0.3) is 0 Å². The van der Waals surface area contributed by atoms with E-state index >= 15 is 0 Å². The van der Waals surface area contributed by atoms with E-state index in [0.29, 0.717) is 6.54 Å². The molecule has 1 fully saturated rings. The number of pyridine rings is 1. The van der Waals surface area contributed by atoms with Gasteiger partial charge < -0.3 is 4.74 Å². The minimum atomic E-state index is -0.519. The van der Waals surface area contributed by atoms with Crippen molar-refractivity contribution in [1.29, 1.82) is 0 Å². The average Bonchev–Trinajstić information content (AvgIpc) is 2.71. The summed E-state index contributed by atoms with van der Waals surface area (Å²) in [5.41, 5.74) is 1.73. The summed E-state index contributed by atoms with van der Waals surface area (Å²) in [6.45, 7) is 2.68. The van der Waals surface area contributed by atoms with Crippen molar-refractivity contribution < 1.29 is 9.53 Å². The predicted octanol–water partition coefficient (Wildman–Crippen LogP) is 2.75. The fourth-order valence-corrected chi connectivity index (χ4v) is 2.97. The fraction of sp³-hybridized carbons (Fsp3) is 0.625. The highest BCUT2D eigenvalue weighted by molar-refractivity contribution is 5.80. The van der Waals surface area contributed by atoms with E-state index in [4.69, 9.17) is 4.74 Å². The van der Waals surface area contributed by atoms with E-state index in [1.807, 2.05) is 19.3 Å². The maximum Gasteiger partial charge on any atom is 0.326 e. The highest BCUT2D eigenvalue weighted by atomic mass is 16.5. The second-order valence-corrected chi connectivity index (χ2v) is 5.71. The molecule has 0 aliphatic heterocycles. The molecule has 0 aromatic carbocycles. The molecule has 1 heterocycles. The summed E-state index contributed by atoms with van der Waals surface area (Å²) in [6.07, 6.45) is 9.96. The zero-order valence-electron chi connectivity index (χ0n) is 12.4. The Morgan fingerprint density at radius 1 is 1.30 bits per heavy atom. The molecule has 1 N–H and O–H groups in total. The highest BCUT2D eigenvalue weighted by Gasteiger charge is 2.39. The SMILES string of the molecule is COC(=O)C1(NCc2cncc(C)c2)CCCCCC1. The van der Waals surface area contributed by atoms with E-state index < -0.39 is 5.54 Å². The lowest BCUT2D eigenvalue weighted by Crippen LogP contribution is -2.52. The third-order valence-electron chi connectivity index (χ3n) is 4.10. The summed E-state index contributed by atoms with van der Waals surface area (Å²) >= 11 is 0. The van der Waals surface area contributed by atoms with Gasteiger partial charge in [-0.15, -0.1) is 0 Å². The number of aryl methyl sites for hydroxylation is 1. The third-order valence-corrected chi connectivity index (χ3v) is 4.10. The van der Waals surface area contributed by atoms with Gasteiger partial charge in [0.05, 0.1) is 7.11 Å². The van der Waals surface area contributed by atoms with Crippen LogP contribution in [0.25, 0.3) is 0 Å². The molecule has 0 radical (unpaired) electrons. The van der Waals surface area contributed by atoms with Gasteiger partial charge in [0.15, 0.2) is 0 Å². The van der Waals surface area contributed by atoms with Crippen LogP contribution < -0.4 is 5.32 Å². The van der Waals surface area contributed by atoms with Crippen molar-refractivity contribution in [1.82, 2.24) is 10.3 Å². The van der Waals surface area contributed by atoms with E-state index in [9.17, 15) is 4.79 Å². The highest BCUT2D eigenvalue weighted by Crippen LogP contribution is 2.28. The number of nitrogens with one attached hydrogen (secondary N) is 1. The number of ether oxygens (including phenoxy) is 1. The standard InChI is InChI=1S/C16H24N2O2/c1-13-9-14(11-17-10-13)12-18-16(15(19)20-2)7-5-3-4-6-8-16/h9-11,18H,3-8,12H2,1-2H3. The number of rotatable bonds is 4. The number of methoxy groups -OCH3 is 1. The lowest BCUT2D eigenvalue weighted by Gasteiger charge is -2.31. The van der Waals surface area contributed by atoms with Gasteiger partial charge in [0.2, 0.25) is 0 Å². The second kappa shape index (κ2) is 6.84. The molecule has 1 aromatic heterocycles. The normalized spacial score (nSPS) is 18.3. The first-order chi connectivity index (χ1) is 9.66. The van der Waals surface area contributed by atoms with Gasteiger partial charge >= 0.3 is 5.97 Å². The summed E-state index contributed by atoms with van der Waals surface area (Å²) in [4.78, 5) is 16.4. The van der Waals surface area contributed by atoms with Crippen molar-refractivity contribution in [3.8, 4) is 0 Å². The first kappa shape index (κ1) is 15.0. The Hall–Kier alpha value is -1.42. The van der Waals surface area contributed by atoms with Gasteiger partial charge in [0.1, 0.15) is 5.54 Å². The smallest absolute Gasteiger partial charge is 0.326 e. The summed E-state index contributed by atoms with van der Waals surface area (Å²) in [5.74, 6) is -0.125. The molecule has 4 nitrogen and oxygen atoms in total. The molecule has 0 amide bonds. The molecule has 4 heteroatoms. The molecular formula is C16H24N2O2. The van der Waals surface area contributed by atoms with Crippen molar-refractivity contribution in [3.05, 3.63) is 29.6 Å². The molecule has 20 heavy (non-hydrogen) atoms. The number of carbonyl (C=O) groups is 1. The Kier molecular flexibility index (Phi) is 5.12. The monoisotopic (exact) mass is 276 g/mol. The number of carbonyl (C=O) groups excluding carboxylic acids is 1. The molecule has 0 saturated heterocycles. The van der Waals surface area contributed by atoms with E-state index in [1.54, 1.807) is 0 Å². The Labute approximate surface area is 120 Å². The first-order valence-electron chi connectivity index (χ1n) is 7.40. The summed E-state index contributed by atoms with van der Waals surface area (Å²) in [5, 5.41) is 3.45. The molecule has 110 valence electrons. The summed E-state index contributed by atoms with van der Waals surface area (Å²) < 4.78 is 5.04. The molecule has 0 bridgehead atoms. The quantitative estimate of drug-likeness (QED) is 0.678. The first-order valence-corrected chi connectivity index (χ1v) is 7.40. The Balaban J connectivity index is 2.09. The number of hydrogen-bond acceptors (Lipinski definition) is 4. The van der Waals surface area contributed by atoms with E-state index in [2.05, 4.69) is 16.4 Å². The molecular weight excluding hydrogens is 252 g/mol. The van der Waals surface area contributed by atoms with Gasteiger partial charge in [-0.2, -0.15) is 0 Å². The molecule has 1 aliphatic carbocycles. The minimum absolute atomic E-state index is 0.125. The van der Waals surface area contributed by atoms with Gasteiger partial charge in [-0.25, -0.2) is 0 Å². The second-order valence-electron chi connectivity index (χ2n) is 5.71. The topological polar surface area (TPSA) is 51.2 Å². The van der Waals surface area contributed by atoms with Crippen LogP contribution in [-0.4, -0.2) is 23.6 Å². The molecule has 2 rings (SSSR count). The average molecular weight is 276 g/mol. The third kappa shape index (κ3) is 3.57. The summed E-state index contributed by atoms with van der Waals surface area (Å²) in [6, 6.07) is 2.10. The van der Waals surface area contributed by atoms with Crippen molar-refractivity contribution >= 4 is 5.97 Å². The number of hydrogen-bond donors (Lipinski definition) is 1. The number of aromatic nitrogens is 1. The van der Waals surface area contributed by atoms with Gasteiger partial charge in [-0.1, -0.05) is 31.7 Å².